The lowest BCUT2D eigenvalue weighted by Gasteiger charge is -2.13. The Morgan fingerprint density at radius 3 is 2.45 bits per heavy atom. The standard InChI is InChI=1S/C17H18O3/c1-12-8-15(10-17(18)19)9-16(13(12)2)20-11-14-6-4-3-5-7-14/h3-9H,10-11H2,1-2H3,(H,18,19). The number of rotatable bonds is 5. The van der Waals surface area contributed by atoms with Crippen LogP contribution in [0.25, 0.3) is 0 Å². The van der Waals surface area contributed by atoms with Gasteiger partial charge in [0.05, 0.1) is 6.42 Å². The smallest absolute Gasteiger partial charge is 0.307 e. The quantitative estimate of drug-likeness (QED) is 0.904. The molecule has 0 spiro atoms. The molecule has 0 heterocycles. The van der Waals surface area contributed by atoms with Gasteiger partial charge >= 0.3 is 5.97 Å². The van der Waals surface area contributed by atoms with Crippen LogP contribution in [0.15, 0.2) is 42.5 Å². The highest BCUT2D eigenvalue weighted by atomic mass is 16.5. The van der Waals surface area contributed by atoms with Crippen molar-refractivity contribution < 1.29 is 14.6 Å². The number of aliphatic carboxylic acids is 1. The zero-order valence-electron chi connectivity index (χ0n) is 11.7. The van der Waals surface area contributed by atoms with Crippen LogP contribution < -0.4 is 4.74 Å². The molecule has 104 valence electrons. The lowest BCUT2D eigenvalue weighted by Crippen LogP contribution is -2.03. The predicted octanol–water partition coefficient (Wildman–Crippen LogP) is 3.51. The van der Waals surface area contributed by atoms with E-state index in [4.69, 9.17) is 9.84 Å². The predicted molar refractivity (Wildman–Crippen MR) is 78.0 cm³/mol. The maximum Gasteiger partial charge on any atom is 0.307 e. The summed E-state index contributed by atoms with van der Waals surface area (Å²) in [5.41, 5.74) is 3.96. The molecule has 2 aromatic rings. The van der Waals surface area contributed by atoms with Crippen molar-refractivity contribution in [2.24, 2.45) is 0 Å². The van der Waals surface area contributed by atoms with Gasteiger partial charge in [0.25, 0.3) is 0 Å². The molecule has 3 heteroatoms. The van der Waals surface area contributed by atoms with Gasteiger partial charge in [0.1, 0.15) is 12.4 Å². The molecule has 2 rings (SSSR count). The zero-order valence-corrected chi connectivity index (χ0v) is 11.7. The molecule has 0 aliphatic rings. The van der Waals surface area contributed by atoms with Crippen molar-refractivity contribution in [1.29, 1.82) is 0 Å². The lowest BCUT2D eigenvalue weighted by atomic mass is 10.0. The summed E-state index contributed by atoms with van der Waals surface area (Å²) in [5.74, 6) is -0.0765. The maximum absolute atomic E-state index is 10.8. The Balaban J connectivity index is 2.17. The molecule has 20 heavy (non-hydrogen) atoms. The van der Waals surface area contributed by atoms with Gasteiger partial charge < -0.3 is 9.84 Å². The summed E-state index contributed by atoms with van der Waals surface area (Å²) in [6, 6.07) is 13.6. The number of carboxylic acid groups (broad SMARTS) is 1. The minimum Gasteiger partial charge on any atom is -0.489 e. The third kappa shape index (κ3) is 3.60. The Kier molecular flexibility index (Phi) is 4.41. The average molecular weight is 270 g/mol. The third-order valence-corrected chi connectivity index (χ3v) is 3.27. The van der Waals surface area contributed by atoms with E-state index in [1.807, 2.05) is 56.3 Å². The highest BCUT2D eigenvalue weighted by Gasteiger charge is 2.08. The molecule has 0 amide bonds. The molecule has 0 aromatic heterocycles. The fourth-order valence-corrected chi connectivity index (χ4v) is 2.06. The van der Waals surface area contributed by atoms with Crippen LogP contribution >= 0.6 is 0 Å². The van der Waals surface area contributed by atoms with E-state index in [1.165, 1.54) is 0 Å². The Labute approximate surface area is 118 Å². The van der Waals surface area contributed by atoms with Gasteiger partial charge in [-0.3, -0.25) is 4.79 Å². The van der Waals surface area contributed by atoms with Crippen molar-refractivity contribution in [2.75, 3.05) is 0 Å². The first-order valence-corrected chi connectivity index (χ1v) is 6.55. The fourth-order valence-electron chi connectivity index (χ4n) is 2.06. The second-order valence-electron chi connectivity index (χ2n) is 4.88. The molecule has 0 radical (unpaired) electrons. The van der Waals surface area contributed by atoms with E-state index in [9.17, 15) is 4.79 Å². The molecule has 0 unspecified atom stereocenters. The van der Waals surface area contributed by atoms with Crippen molar-refractivity contribution in [3.05, 3.63) is 64.7 Å². The second-order valence-corrected chi connectivity index (χ2v) is 4.88. The summed E-state index contributed by atoms with van der Waals surface area (Å²) >= 11 is 0. The molecule has 1 N–H and O–H groups in total. The van der Waals surface area contributed by atoms with E-state index in [1.54, 1.807) is 0 Å². The summed E-state index contributed by atoms with van der Waals surface area (Å²) in [6.45, 7) is 4.44. The Morgan fingerprint density at radius 1 is 1.10 bits per heavy atom. The molecule has 0 saturated carbocycles. The number of hydrogen-bond acceptors (Lipinski definition) is 2. The molecule has 0 saturated heterocycles. The van der Waals surface area contributed by atoms with Crippen LogP contribution in [0.1, 0.15) is 22.3 Å². The maximum atomic E-state index is 10.8. The number of benzene rings is 2. The van der Waals surface area contributed by atoms with Gasteiger partial charge in [-0.1, -0.05) is 36.4 Å². The van der Waals surface area contributed by atoms with Gasteiger partial charge in [0, 0.05) is 0 Å². The second kappa shape index (κ2) is 6.24. The molecule has 0 bridgehead atoms. The largest absolute Gasteiger partial charge is 0.489 e. The van der Waals surface area contributed by atoms with Crippen LogP contribution in [-0.2, 0) is 17.8 Å². The summed E-state index contributed by atoms with van der Waals surface area (Å²) in [5, 5.41) is 8.89. The lowest BCUT2D eigenvalue weighted by molar-refractivity contribution is -0.136. The van der Waals surface area contributed by atoms with E-state index in [0.29, 0.717) is 6.61 Å². The Bertz CT molecular complexity index is 603. The van der Waals surface area contributed by atoms with Crippen LogP contribution in [0, 0.1) is 13.8 Å². The molecule has 0 fully saturated rings. The van der Waals surface area contributed by atoms with Crippen molar-refractivity contribution in [3.63, 3.8) is 0 Å². The Hall–Kier alpha value is -2.29. The van der Waals surface area contributed by atoms with E-state index in [-0.39, 0.29) is 6.42 Å². The molecular formula is C17H18O3. The highest BCUT2D eigenvalue weighted by molar-refractivity contribution is 5.70. The van der Waals surface area contributed by atoms with Gasteiger partial charge in [0.2, 0.25) is 0 Å². The first-order valence-electron chi connectivity index (χ1n) is 6.55. The van der Waals surface area contributed by atoms with Gasteiger partial charge in [-0.25, -0.2) is 0 Å². The summed E-state index contributed by atoms with van der Waals surface area (Å²) in [7, 11) is 0. The number of carboxylic acids is 1. The van der Waals surface area contributed by atoms with Gasteiger partial charge in [0.15, 0.2) is 0 Å². The third-order valence-electron chi connectivity index (χ3n) is 3.27. The topological polar surface area (TPSA) is 46.5 Å². The van der Waals surface area contributed by atoms with Crippen molar-refractivity contribution in [3.8, 4) is 5.75 Å². The highest BCUT2D eigenvalue weighted by Crippen LogP contribution is 2.25. The number of ether oxygens (including phenoxy) is 1. The molecule has 0 aliphatic carbocycles. The summed E-state index contributed by atoms with van der Waals surface area (Å²) in [6.07, 6.45) is 0.0167. The van der Waals surface area contributed by atoms with Crippen LogP contribution in [0.5, 0.6) is 5.75 Å². The molecular weight excluding hydrogens is 252 g/mol. The van der Waals surface area contributed by atoms with Crippen LogP contribution in [0.2, 0.25) is 0 Å². The molecule has 0 aliphatic heterocycles. The van der Waals surface area contributed by atoms with Crippen molar-refractivity contribution >= 4 is 5.97 Å². The van der Waals surface area contributed by atoms with Crippen molar-refractivity contribution in [1.82, 2.24) is 0 Å². The number of hydrogen-bond donors (Lipinski definition) is 1. The molecule has 3 nitrogen and oxygen atoms in total. The van der Waals surface area contributed by atoms with Crippen LogP contribution in [0.3, 0.4) is 0 Å². The van der Waals surface area contributed by atoms with Crippen LogP contribution in [-0.4, -0.2) is 11.1 Å². The monoisotopic (exact) mass is 270 g/mol. The van der Waals surface area contributed by atoms with Gasteiger partial charge in [-0.2, -0.15) is 0 Å². The number of carbonyl (C=O) groups is 1. The van der Waals surface area contributed by atoms with E-state index < -0.39 is 5.97 Å². The summed E-state index contributed by atoms with van der Waals surface area (Å²) in [4.78, 5) is 10.8. The van der Waals surface area contributed by atoms with Gasteiger partial charge in [-0.05, 0) is 42.2 Å². The Morgan fingerprint density at radius 2 is 1.80 bits per heavy atom. The van der Waals surface area contributed by atoms with E-state index in [2.05, 4.69) is 0 Å². The van der Waals surface area contributed by atoms with Crippen molar-refractivity contribution in [2.45, 2.75) is 26.9 Å². The van der Waals surface area contributed by atoms with E-state index in [0.717, 1.165) is 28.0 Å². The summed E-state index contributed by atoms with van der Waals surface area (Å²) < 4.78 is 5.83. The fraction of sp³-hybridized carbons (Fsp3) is 0.235. The normalized spacial score (nSPS) is 10.3. The zero-order chi connectivity index (χ0) is 14.5. The molecule has 2 aromatic carbocycles. The minimum absolute atomic E-state index is 0.0167. The average Bonchev–Trinajstić information content (AvgIpc) is 2.41. The minimum atomic E-state index is -0.831. The first-order chi connectivity index (χ1) is 9.56. The van der Waals surface area contributed by atoms with Gasteiger partial charge in [-0.15, -0.1) is 0 Å². The van der Waals surface area contributed by atoms with E-state index >= 15 is 0 Å². The van der Waals surface area contributed by atoms with Crippen LogP contribution in [0.4, 0.5) is 0 Å². The molecule has 0 atom stereocenters. The SMILES string of the molecule is Cc1cc(CC(=O)O)cc(OCc2ccccc2)c1C. The first kappa shape index (κ1) is 14.1. The number of aryl methyl sites for hydroxylation is 1.